The molecule has 0 aliphatic carbocycles. The minimum absolute atomic E-state index is 0.0573. The Morgan fingerprint density at radius 3 is 2.50 bits per heavy atom. The standard InChI is InChI=1S/C18H11Cl2F3N2O3/c19-9-5-6-13(11(7-9)18(21,22)23)24-14(26)8-28-17(27)16-15(20)10-3-1-2-4-12(10)25-16/h1-7,25H,8H2,(H,24,26). The fourth-order valence-corrected chi connectivity index (χ4v) is 2.96. The zero-order chi connectivity index (χ0) is 20.5. The van der Waals surface area contributed by atoms with Gasteiger partial charge in [0, 0.05) is 15.9 Å². The van der Waals surface area contributed by atoms with Gasteiger partial charge in [0.25, 0.3) is 5.91 Å². The molecular weight excluding hydrogens is 420 g/mol. The van der Waals surface area contributed by atoms with E-state index in [1.54, 1.807) is 24.3 Å². The second-order valence-electron chi connectivity index (χ2n) is 5.67. The van der Waals surface area contributed by atoms with Gasteiger partial charge in [-0.1, -0.05) is 41.4 Å². The molecule has 146 valence electrons. The van der Waals surface area contributed by atoms with Gasteiger partial charge in [0.05, 0.1) is 16.3 Å². The largest absolute Gasteiger partial charge is 0.451 e. The number of alkyl halides is 3. The summed E-state index contributed by atoms with van der Waals surface area (Å²) in [7, 11) is 0. The molecule has 1 aromatic heterocycles. The number of amides is 1. The maximum absolute atomic E-state index is 13.0. The molecule has 10 heteroatoms. The van der Waals surface area contributed by atoms with Crippen molar-refractivity contribution in [3.05, 3.63) is 63.8 Å². The Bertz CT molecular complexity index is 1060. The predicted molar refractivity (Wildman–Crippen MR) is 98.7 cm³/mol. The van der Waals surface area contributed by atoms with Gasteiger partial charge in [0.1, 0.15) is 5.69 Å². The van der Waals surface area contributed by atoms with Crippen molar-refractivity contribution in [3.63, 3.8) is 0 Å². The number of rotatable bonds is 4. The van der Waals surface area contributed by atoms with Gasteiger partial charge in [-0.3, -0.25) is 4.79 Å². The van der Waals surface area contributed by atoms with Crippen molar-refractivity contribution >= 4 is 51.7 Å². The summed E-state index contributed by atoms with van der Waals surface area (Å²) in [6.45, 7) is -0.801. The monoisotopic (exact) mass is 430 g/mol. The van der Waals surface area contributed by atoms with E-state index in [0.29, 0.717) is 17.0 Å². The summed E-state index contributed by atoms with van der Waals surface area (Å²) in [5.74, 6) is -1.86. The summed E-state index contributed by atoms with van der Waals surface area (Å²) < 4.78 is 44.0. The van der Waals surface area contributed by atoms with Gasteiger partial charge in [-0.15, -0.1) is 0 Å². The maximum Gasteiger partial charge on any atom is 0.418 e. The topological polar surface area (TPSA) is 71.2 Å². The predicted octanol–water partition coefficient (Wildman–Crippen LogP) is 5.29. The first-order chi connectivity index (χ1) is 13.2. The highest BCUT2D eigenvalue weighted by molar-refractivity contribution is 6.38. The number of aromatic amines is 1. The number of anilines is 1. The van der Waals surface area contributed by atoms with Gasteiger partial charge in [0.2, 0.25) is 0 Å². The minimum Gasteiger partial charge on any atom is -0.451 e. The van der Waals surface area contributed by atoms with Crippen molar-refractivity contribution in [2.75, 3.05) is 11.9 Å². The Morgan fingerprint density at radius 1 is 1.11 bits per heavy atom. The molecule has 3 aromatic rings. The van der Waals surface area contributed by atoms with E-state index >= 15 is 0 Å². The van der Waals surface area contributed by atoms with Crippen LogP contribution in [0.15, 0.2) is 42.5 Å². The smallest absolute Gasteiger partial charge is 0.418 e. The van der Waals surface area contributed by atoms with Gasteiger partial charge < -0.3 is 15.0 Å². The molecule has 0 saturated carbocycles. The number of aromatic nitrogens is 1. The molecule has 0 radical (unpaired) electrons. The number of esters is 1. The number of ether oxygens (including phenoxy) is 1. The molecule has 2 N–H and O–H groups in total. The number of nitrogens with one attached hydrogen (secondary N) is 2. The van der Waals surface area contributed by atoms with Crippen molar-refractivity contribution in [2.24, 2.45) is 0 Å². The summed E-state index contributed by atoms with van der Waals surface area (Å²) in [4.78, 5) is 26.9. The van der Waals surface area contributed by atoms with Crippen LogP contribution in [0.1, 0.15) is 16.1 Å². The van der Waals surface area contributed by atoms with Crippen LogP contribution in [0.2, 0.25) is 10.0 Å². The molecule has 28 heavy (non-hydrogen) atoms. The molecule has 0 fully saturated rings. The first-order valence-electron chi connectivity index (χ1n) is 7.76. The molecule has 3 rings (SSSR count). The fraction of sp³-hybridized carbons (Fsp3) is 0.111. The molecule has 0 saturated heterocycles. The van der Waals surface area contributed by atoms with Crippen LogP contribution < -0.4 is 5.32 Å². The Balaban J connectivity index is 1.69. The molecule has 0 aliphatic heterocycles. The van der Waals surface area contributed by atoms with E-state index in [0.717, 1.165) is 6.07 Å². The van der Waals surface area contributed by atoms with Gasteiger partial charge in [-0.25, -0.2) is 4.79 Å². The molecule has 0 atom stereocenters. The SMILES string of the molecule is O=C(COC(=O)c1[nH]c2ccccc2c1Cl)Nc1ccc(Cl)cc1C(F)(F)F. The average Bonchev–Trinajstić information content (AvgIpc) is 2.97. The molecular formula is C18H11Cl2F3N2O3. The third-order valence-corrected chi connectivity index (χ3v) is 4.37. The molecule has 0 bridgehead atoms. The van der Waals surface area contributed by atoms with Crippen LogP contribution in [0.4, 0.5) is 18.9 Å². The fourth-order valence-electron chi connectivity index (χ4n) is 2.50. The molecule has 2 aromatic carbocycles. The van der Waals surface area contributed by atoms with E-state index in [9.17, 15) is 22.8 Å². The number of carbonyl (C=O) groups is 2. The third-order valence-electron chi connectivity index (χ3n) is 3.74. The van der Waals surface area contributed by atoms with Gasteiger partial charge in [-0.05, 0) is 24.3 Å². The minimum atomic E-state index is -4.72. The van der Waals surface area contributed by atoms with Crippen LogP contribution in [-0.2, 0) is 15.7 Å². The summed E-state index contributed by atoms with van der Waals surface area (Å²) in [6.07, 6.45) is -4.72. The number of fused-ring (bicyclic) bond motifs is 1. The molecule has 0 spiro atoms. The number of hydrogen-bond acceptors (Lipinski definition) is 3. The molecule has 0 aliphatic rings. The highest BCUT2D eigenvalue weighted by Gasteiger charge is 2.34. The number of para-hydroxylation sites is 1. The van der Waals surface area contributed by atoms with Gasteiger partial charge in [0.15, 0.2) is 6.61 Å². The van der Waals surface area contributed by atoms with E-state index in [-0.39, 0.29) is 15.7 Å². The van der Waals surface area contributed by atoms with Gasteiger partial charge >= 0.3 is 12.1 Å². The van der Waals surface area contributed by atoms with Crippen LogP contribution in [0.25, 0.3) is 10.9 Å². The second-order valence-corrected chi connectivity index (χ2v) is 6.49. The number of hydrogen-bond donors (Lipinski definition) is 2. The van der Waals surface area contributed by atoms with Crippen LogP contribution in [0.3, 0.4) is 0 Å². The van der Waals surface area contributed by atoms with E-state index in [2.05, 4.69) is 10.3 Å². The van der Waals surface area contributed by atoms with E-state index < -0.39 is 35.9 Å². The van der Waals surface area contributed by atoms with Crippen LogP contribution in [0, 0.1) is 0 Å². The van der Waals surface area contributed by atoms with Gasteiger partial charge in [-0.2, -0.15) is 13.2 Å². The van der Waals surface area contributed by atoms with Crippen LogP contribution in [0.5, 0.6) is 0 Å². The highest BCUT2D eigenvalue weighted by atomic mass is 35.5. The molecule has 5 nitrogen and oxygen atoms in total. The number of halogens is 5. The number of carbonyl (C=O) groups excluding carboxylic acids is 2. The van der Waals surface area contributed by atoms with Crippen molar-refractivity contribution < 1.29 is 27.5 Å². The van der Waals surface area contributed by atoms with Crippen molar-refractivity contribution in [2.45, 2.75) is 6.18 Å². The maximum atomic E-state index is 13.0. The van der Waals surface area contributed by atoms with Crippen molar-refractivity contribution in [3.8, 4) is 0 Å². The number of benzene rings is 2. The second kappa shape index (κ2) is 7.73. The lowest BCUT2D eigenvalue weighted by Gasteiger charge is -2.14. The Morgan fingerprint density at radius 2 is 1.82 bits per heavy atom. The summed E-state index contributed by atoms with van der Waals surface area (Å²) in [5.41, 5.74) is -1.07. The Labute approximate surface area is 166 Å². The first kappa shape index (κ1) is 20.0. The average molecular weight is 431 g/mol. The lowest BCUT2D eigenvalue weighted by Crippen LogP contribution is -2.23. The Kier molecular flexibility index (Phi) is 5.53. The lowest BCUT2D eigenvalue weighted by molar-refractivity contribution is -0.137. The molecule has 0 unspecified atom stereocenters. The van der Waals surface area contributed by atoms with Crippen molar-refractivity contribution in [1.29, 1.82) is 0 Å². The van der Waals surface area contributed by atoms with Crippen LogP contribution in [-0.4, -0.2) is 23.5 Å². The van der Waals surface area contributed by atoms with Crippen molar-refractivity contribution in [1.82, 2.24) is 4.98 Å². The highest BCUT2D eigenvalue weighted by Crippen LogP contribution is 2.36. The quantitative estimate of drug-likeness (QED) is 0.552. The number of H-pyrrole nitrogens is 1. The molecule has 1 amide bonds. The van der Waals surface area contributed by atoms with E-state index in [4.69, 9.17) is 27.9 Å². The zero-order valence-corrected chi connectivity index (χ0v) is 15.4. The van der Waals surface area contributed by atoms with E-state index in [1.807, 2.05) is 0 Å². The summed E-state index contributed by atoms with van der Waals surface area (Å²) in [5, 5.41) is 2.64. The Hall–Kier alpha value is -2.71. The van der Waals surface area contributed by atoms with Crippen LogP contribution >= 0.6 is 23.2 Å². The summed E-state index contributed by atoms with van der Waals surface area (Å²) >= 11 is 11.7. The van der Waals surface area contributed by atoms with E-state index in [1.165, 1.54) is 6.07 Å². The normalized spacial score (nSPS) is 11.5. The first-order valence-corrected chi connectivity index (χ1v) is 8.52. The molecule has 1 heterocycles. The third kappa shape index (κ3) is 4.23. The lowest BCUT2D eigenvalue weighted by atomic mass is 10.1. The summed E-state index contributed by atoms with van der Waals surface area (Å²) in [6, 6.07) is 9.76. The zero-order valence-electron chi connectivity index (χ0n) is 13.9.